The van der Waals surface area contributed by atoms with Gasteiger partial charge in [-0.3, -0.25) is 9.48 Å². The highest BCUT2D eigenvalue weighted by atomic mass is 16.1. The first-order valence-corrected chi connectivity index (χ1v) is 6.78. The Bertz CT molecular complexity index is 574. The average Bonchev–Trinajstić information content (AvgIpc) is 2.93. The Morgan fingerprint density at radius 1 is 1.35 bits per heavy atom. The van der Waals surface area contributed by atoms with Crippen molar-refractivity contribution in [3.63, 3.8) is 0 Å². The van der Waals surface area contributed by atoms with Gasteiger partial charge in [-0.1, -0.05) is 6.92 Å². The molecule has 0 spiro atoms. The Hall–Kier alpha value is -2.30. The van der Waals surface area contributed by atoms with Gasteiger partial charge in [-0.15, -0.1) is 0 Å². The fourth-order valence-electron chi connectivity index (χ4n) is 1.85. The van der Waals surface area contributed by atoms with E-state index in [4.69, 9.17) is 5.73 Å². The van der Waals surface area contributed by atoms with Crippen molar-refractivity contribution in [3.05, 3.63) is 47.8 Å². The highest BCUT2D eigenvalue weighted by Crippen LogP contribution is 2.12. The summed E-state index contributed by atoms with van der Waals surface area (Å²) in [6.07, 6.45) is 3.06. The molecule has 1 unspecified atom stereocenters. The molecule has 0 bridgehead atoms. The van der Waals surface area contributed by atoms with Gasteiger partial charge < -0.3 is 11.1 Å². The molecule has 1 aromatic heterocycles. The average molecular weight is 272 g/mol. The van der Waals surface area contributed by atoms with Crippen molar-refractivity contribution in [1.82, 2.24) is 9.78 Å². The molecule has 2 aromatic rings. The van der Waals surface area contributed by atoms with E-state index >= 15 is 0 Å². The van der Waals surface area contributed by atoms with Crippen LogP contribution in [0.3, 0.4) is 0 Å². The fraction of sp³-hybridized carbons (Fsp3) is 0.333. The molecular formula is C15H20N4O. The van der Waals surface area contributed by atoms with Gasteiger partial charge in [-0.2, -0.15) is 5.10 Å². The molecule has 2 rings (SSSR count). The summed E-state index contributed by atoms with van der Waals surface area (Å²) in [5, 5.41) is 7.79. The lowest BCUT2D eigenvalue weighted by Gasteiger charge is -2.08. The minimum atomic E-state index is -0.413. The number of nitrogens with two attached hydrogens (primary N) is 1. The third kappa shape index (κ3) is 3.38. The summed E-state index contributed by atoms with van der Waals surface area (Å²) in [6.45, 7) is 4.94. The van der Waals surface area contributed by atoms with Crippen molar-refractivity contribution in [1.29, 1.82) is 0 Å². The number of anilines is 1. The van der Waals surface area contributed by atoms with Crippen LogP contribution < -0.4 is 11.1 Å². The van der Waals surface area contributed by atoms with E-state index < -0.39 is 5.91 Å². The van der Waals surface area contributed by atoms with Crippen LogP contribution in [0.15, 0.2) is 36.5 Å². The van der Waals surface area contributed by atoms with Crippen molar-refractivity contribution in [2.24, 2.45) is 5.73 Å². The molecule has 1 amide bonds. The Labute approximate surface area is 118 Å². The Kier molecular flexibility index (Phi) is 4.40. The highest BCUT2D eigenvalue weighted by Gasteiger charge is 2.04. The summed E-state index contributed by atoms with van der Waals surface area (Å²) in [4.78, 5) is 11.0. The number of nitrogens with zero attached hydrogens (tertiary/aromatic N) is 2. The predicted octanol–water partition coefficient (Wildman–Crippen LogP) is 2.57. The van der Waals surface area contributed by atoms with Gasteiger partial charge in [0, 0.05) is 23.5 Å². The molecule has 0 saturated heterocycles. The van der Waals surface area contributed by atoms with Crippen LogP contribution in [-0.2, 0) is 6.54 Å². The third-order valence-electron chi connectivity index (χ3n) is 3.35. The van der Waals surface area contributed by atoms with Gasteiger partial charge in [0.05, 0.1) is 12.2 Å². The molecule has 5 heteroatoms. The number of nitrogens with one attached hydrogen (secondary N) is 1. The maximum atomic E-state index is 11.0. The Morgan fingerprint density at radius 3 is 2.65 bits per heavy atom. The largest absolute Gasteiger partial charge is 0.379 e. The van der Waals surface area contributed by atoms with Gasteiger partial charge in [-0.25, -0.2) is 0 Å². The number of amides is 1. The zero-order chi connectivity index (χ0) is 14.5. The summed E-state index contributed by atoms with van der Waals surface area (Å²) in [6, 6.07) is 9.53. The maximum absolute atomic E-state index is 11.0. The van der Waals surface area contributed by atoms with Crippen molar-refractivity contribution in [2.75, 3.05) is 5.32 Å². The molecule has 3 N–H and O–H groups in total. The van der Waals surface area contributed by atoms with Crippen LogP contribution in [0.2, 0.25) is 0 Å². The first-order chi connectivity index (χ1) is 9.60. The Morgan fingerprint density at radius 2 is 2.05 bits per heavy atom. The van der Waals surface area contributed by atoms with Crippen molar-refractivity contribution < 1.29 is 4.79 Å². The number of carbonyl (C=O) groups excluding carboxylic acids is 1. The molecule has 106 valence electrons. The van der Waals surface area contributed by atoms with E-state index in [1.165, 1.54) is 0 Å². The molecule has 1 atom stereocenters. The maximum Gasteiger partial charge on any atom is 0.248 e. The lowest BCUT2D eigenvalue weighted by molar-refractivity contribution is 0.100. The minimum Gasteiger partial charge on any atom is -0.379 e. The second-order valence-electron chi connectivity index (χ2n) is 4.84. The van der Waals surface area contributed by atoms with Gasteiger partial charge in [0.1, 0.15) is 0 Å². The first-order valence-electron chi connectivity index (χ1n) is 6.78. The third-order valence-corrected chi connectivity index (χ3v) is 3.35. The number of rotatable bonds is 6. The van der Waals surface area contributed by atoms with Gasteiger partial charge in [0.25, 0.3) is 0 Å². The molecule has 0 aliphatic heterocycles. The van der Waals surface area contributed by atoms with Gasteiger partial charge in [-0.05, 0) is 43.7 Å². The zero-order valence-corrected chi connectivity index (χ0v) is 11.8. The van der Waals surface area contributed by atoms with E-state index in [0.717, 1.165) is 17.8 Å². The Balaban J connectivity index is 1.94. The van der Waals surface area contributed by atoms with Crippen molar-refractivity contribution in [2.45, 2.75) is 32.9 Å². The standard InChI is InChI=1S/C15H20N4O/c1-3-11(2)19-9-8-14(18-19)10-17-13-6-4-12(5-7-13)15(16)20/h4-9,11,17H,3,10H2,1-2H3,(H2,16,20). The first kappa shape index (κ1) is 14.1. The molecule has 0 fully saturated rings. The van der Waals surface area contributed by atoms with Gasteiger partial charge in [0.2, 0.25) is 5.91 Å². The number of aromatic nitrogens is 2. The van der Waals surface area contributed by atoms with Crippen LogP contribution in [0, 0.1) is 0 Å². The van der Waals surface area contributed by atoms with Crippen LogP contribution in [0.5, 0.6) is 0 Å². The number of primary amides is 1. The predicted molar refractivity (Wildman–Crippen MR) is 79.5 cm³/mol. The molecule has 0 saturated carbocycles. The minimum absolute atomic E-state index is 0.413. The summed E-state index contributed by atoms with van der Waals surface area (Å²) in [7, 11) is 0. The van der Waals surface area contributed by atoms with Crippen LogP contribution in [0.1, 0.15) is 42.4 Å². The molecule has 0 radical (unpaired) electrons. The van der Waals surface area contributed by atoms with Crippen molar-refractivity contribution >= 4 is 11.6 Å². The number of benzene rings is 1. The molecule has 0 aliphatic rings. The molecule has 20 heavy (non-hydrogen) atoms. The molecule has 5 nitrogen and oxygen atoms in total. The quantitative estimate of drug-likeness (QED) is 0.848. The summed E-state index contributed by atoms with van der Waals surface area (Å²) in [5.74, 6) is -0.413. The monoisotopic (exact) mass is 272 g/mol. The fourth-order valence-corrected chi connectivity index (χ4v) is 1.85. The normalized spacial score (nSPS) is 12.1. The van der Waals surface area contributed by atoms with Crippen LogP contribution >= 0.6 is 0 Å². The van der Waals surface area contributed by atoms with E-state index in [1.807, 2.05) is 29.1 Å². The summed E-state index contributed by atoms with van der Waals surface area (Å²) in [5.41, 5.74) is 7.64. The van der Waals surface area contributed by atoms with E-state index in [9.17, 15) is 4.79 Å². The topological polar surface area (TPSA) is 72.9 Å². The van der Waals surface area contributed by atoms with E-state index in [0.29, 0.717) is 18.2 Å². The lowest BCUT2D eigenvalue weighted by atomic mass is 10.2. The number of hydrogen-bond acceptors (Lipinski definition) is 3. The van der Waals surface area contributed by atoms with E-state index in [1.54, 1.807) is 12.1 Å². The summed E-state index contributed by atoms with van der Waals surface area (Å²) < 4.78 is 1.98. The smallest absolute Gasteiger partial charge is 0.248 e. The molecular weight excluding hydrogens is 252 g/mol. The van der Waals surface area contributed by atoms with Crippen molar-refractivity contribution in [3.8, 4) is 0 Å². The molecule has 1 heterocycles. The number of carbonyl (C=O) groups is 1. The summed E-state index contributed by atoms with van der Waals surface area (Å²) >= 11 is 0. The van der Waals surface area contributed by atoms with Crippen LogP contribution in [0.25, 0.3) is 0 Å². The van der Waals surface area contributed by atoms with Crippen LogP contribution in [-0.4, -0.2) is 15.7 Å². The number of hydrogen-bond donors (Lipinski definition) is 2. The van der Waals surface area contributed by atoms with Gasteiger partial charge >= 0.3 is 0 Å². The highest BCUT2D eigenvalue weighted by molar-refractivity contribution is 5.93. The zero-order valence-electron chi connectivity index (χ0n) is 11.8. The van der Waals surface area contributed by atoms with E-state index in [-0.39, 0.29) is 0 Å². The lowest BCUT2D eigenvalue weighted by Crippen LogP contribution is -2.10. The van der Waals surface area contributed by atoms with Crippen LogP contribution in [0.4, 0.5) is 5.69 Å². The molecule has 1 aromatic carbocycles. The second-order valence-corrected chi connectivity index (χ2v) is 4.84. The molecule has 0 aliphatic carbocycles. The SMILES string of the molecule is CCC(C)n1ccc(CNc2ccc(C(N)=O)cc2)n1. The van der Waals surface area contributed by atoms with Gasteiger partial charge in [0.15, 0.2) is 0 Å². The van der Waals surface area contributed by atoms with E-state index in [2.05, 4.69) is 24.3 Å². The second kappa shape index (κ2) is 6.23.